The highest BCUT2D eigenvalue weighted by Crippen LogP contribution is 2.36. The number of amides is 1. The number of carbonyl (C=O) groups is 1. The normalized spacial score (nSPS) is 22.3. The molecule has 28 heavy (non-hydrogen) atoms. The SMILES string of the molecule is Cc1ccc(-c2sc(N3C[C@@H](C)O[C@@H](C)C3)nc2CNC(=O)CC2CC2)cn1. The zero-order valence-electron chi connectivity index (χ0n) is 16.8. The van der Waals surface area contributed by atoms with Gasteiger partial charge in [0.2, 0.25) is 5.91 Å². The Bertz CT molecular complexity index is 821. The number of aromatic nitrogens is 2. The summed E-state index contributed by atoms with van der Waals surface area (Å²) in [5.74, 6) is 0.710. The number of nitrogens with zero attached hydrogens (tertiary/aromatic N) is 3. The molecule has 7 heteroatoms. The Morgan fingerprint density at radius 3 is 2.68 bits per heavy atom. The van der Waals surface area contributed by atoms with Crippen molar-refractivity contribution < 1.29 is 9.53 Å². The van der Waals surface area contributed by atoms with Crippen molar-refractivity contribution in [3.05, 3.63) is 29.7 Å². The van der Waals surface area contributed by atoms with Crippen LogP contribution in [0.15, 0.2) is 18.3 Å². The Morgan fingerprint density at radius 1 is 1.29 bits per heavy atom. The van der Waals surface area contributed by atoms with Crippen molar-refractivity contribution in [3.8, 4) is 10.4 Å². The topological polar surface area (TPSA) is 67.3 Å². The van der Waals surface area contributed by atoms with Crippen molar-refractivity contribution in [2.24, 2.45) is 5.92 Å². The van der Waals surface area contributed by atoms with E-state index in [9.17, 15) is 4.79 Å². The minimum absolute atomic E-state index is 0.124. The second-order valence-electron chi connectivity index (χ2n) is 8.05. The molecule has 2 aliphatic rings. The first-order chi connectivity index (χ1) is 13.5. The van der Waals surface area contributed by atoms with Gasteiger partial charge in [0.25, 0.3) is 0 Å². The Morgan fingerprint density at radius 2 is 2.04 bits per heavy atom. The molecule has 150 valence electrons. The van der Waals surface area contributed by atoms with Gasteiger partial charge in [-0.2, -0.15) is 0 Å². The summed E-state index contributed by atoms with van der Waals surface area (Å²) in [5.41, 5.74) is 2.96. The van der Waals surface area contributed by atoms with Gasteiger partial charge in [-0.05, 0) is 45.6 Å². The van der Waals surface area contributed by atoms with Crippen LogP contribution in [0.1, 0.15) is 44.5 Å². The van der Waals surface area contributed by atoms with Crippen molar-refractivity contribution in [2.75, 3.05) is 18.0 Å². The minimum atomic E-state index is 0.124. The summed E-state index contributed by atoms with van der Waals surface area (Å²) in [6.07, 6.45) is 5.26. The fraction of sp³-hybridized carbons (Fsp3) is 0.571. The molecule has 1 aliphatic carbocycles. The maximum atomic E-state index is 12.2. The highest BCUT2D eigenvalue weighted by molar-refractivity contribution is 7.19. The lowest BCUT2D eigenvalue weighted by Crippen LogP contribution is -2.45. The highest BCUT2D eigenvalue weighted by Gasteiger charge is 2.27. The van der Waals surface area contributed by atoms with Crippen molar-refractivity contribution in [1.29, 1.82) is 0 Å². The number of thiazole rings is 1. The Kier molecular flexibility index (Phi) is 5.64. The molecule has 0 bridgehead atoms. The van der Waals surface area contributed by atoms with Gasteiger partial charge in [0.1, 0.15) is 0 Å². The first-order valence-electron chi connectivity index (χ1n) is 10.1. The number of carbonyl (C=O) groups excluding carboxylic acids is 1. The summed E-state index contributed by atoms with van der Waals surface area (Å²) in [7, 11) is 0. The monoisotopic (exact) mass is 400 g/mol. The fourth-order valence-corrected chi connectivity index (χ4v) is 4.69. The van der Waals surface area contributed by atoms with Gasteiger partial charge in [-0.1, -0.05) is 17.4 Å². The molecule has 0 radical (unpaired) electrons. The third-order valence-electron chi connectivity index (χ3n) is 5.17. The lowest BCUT2D eigenvalue weighted by atomic mass is 10.2. The summed E-state index contributed by atoms with van der Waals surface area (Å²) in [6.45, 7) is 8.30. The van der Waals surface area contributed by atoms with Gasteiger partial charge in [-0.15, -0.1) is 0 Å². The van der Waals surface area contributed by atoms with E-state index in [0.29, 0.717) is 18.9 Å². The first kappa shape index (κ1) is 19.3. The predicted octanol–water partition coefficient (Wildman–Crippen LogP) is 3.54. The van der Waals surface area contributed by atoms with Crippen molar-refractivity contribution in [2.45, 2.75) is 58.8 Å². The molecule has 2 aromatic rings. The Balaban J connectivity index is 1.57. The van der Waals surface area contributed by atoms with E-state index >= 15 is 0 Å². The highest BCUT2D eigenvalue weighted by atomic mass is 32.1. The molecule has 0 unspecified atom stereocenters. The summed E-state index contributed by atoms with van der Waals surface area (Å²) in [6, 6.07) is 4.10. The molecule has 0 aromatic carbocycles. The van der Waals surface area contributed by atoms with E-state index < -0.39 is 0 Å². The number of aryl methyl sites for hydroxylation is 1. The van der Waals surface area contributed by atoms with E-state index in [0.717, 1.165) is 40.0 Å². The average Bonchev–Trinajstić information content (AvgIpc) is 3.35. The largest absolute Gasteiger partial charge is 0.372 e. The smallest absolute Gasteiger partial charge is 0.220 e. The van der Waals surface area contributed by atoms with Crippen LogP contribution < -0.4 is 10.2 Å². The molecule has 1 saturated carbocycles. The summed E-state index contributed by atoms with van der Waals surface area (Å²) in [4.78, 5) is 24.9. The molecule has 3 heterocycles. The number of rotatable bonds is 6. The molecule has 1 N–H and O–H groups in total. The zero-order valence-corrected chi connectivity index (χ0v) is 17.6. The number of nitrogens with one attached hydrogen (secondary N) is 1. The second-order valence-corrected chi connectivity index (χ2v) is 9.02. The maximum Gasteiger partial charge on any atom is 0.220 e. The number of hydrogen-bond donors (Lipinski definition) is 1. The standard InChI is InChI=1S/C21H28N4O2S/c1-13-4-7-17(9-22-13)20-18(10-23-19(26)8-16-5-6-16)24-21(28-20)25-11-14(2)27-15(3)12-25/h4,7,9,14-16H,5-6,8,10-12H2,1-3H3,(H,23,26)/t14-,15+. The summed E-state index contributed by atoms with van der Waals surface area (Å²) < 4.78 is 5.86. The molecular formula is C21H28N4O2S. The van der Waals surface area contributed by atoms with Crippen LogP contribution in [0.2, 0.25) is 0 Å². The molecule has 1 amide bonds. The van der Waals surface area contributed by atoms with Crippen LogP contribution in [0.25, 0.3) is 10.4 Å². The van der Waals surface area contributed by atoms with Gasteiger partial charge >= 0.3 is 0 Å². The van der Waals surface area contributed by atoms with Crippen molar-refractivity contribution >= 4 is 22.4 Å². The fourth-order valence-electron chi connectivity index (χ4n) is 3.59. The van der Waals surface area contributed by atoms with Gasteiger partial charge in [-0.3, -0.25) is 9.78 Å². The third-order valence-corrected chi connectivity index (χ3v) is 6.38. The number of morpholine rings is 1. The minimum Gasteiger partial charge on any atom is -0.372 e. The molecule has 0 spiro atoms. The molecule has 4 rings (SSSR count). The van der Waals surface area contributed by atoms with Crippen LogP contribution in [0.5, 0.6) is 0 Å². The average molecular weight is 401 g/mol. The van der Waals surface area contributed by atoms with Crippen LogP contribution in [-0.4, -0.2) is 41.2 Å². The van der Waals surface area contributed by atoms with Crippen LogP contribution >= 0.6 is 11.3 Å². The number of pyridine rings is 1. The third kappa shape index (κ3) is 4.70. The molecule has 1 aliphatic heterocycles. The van der Waals surface area contributed by atoms with E-state index in [1.54, 1.807) is 11.3 Å². The number of anilines is 1. The van der Waals surface area contributed by atoms with Gasteiger partial charge in [0.15, 0.2) is 5.13 Å². The quantitative estimate of drug-likeness (QED) is 0.803. The summed E-state index contributed by atoms with van der Waals surface area (Å²) >= 11 is 1.67. The number of hydrogen-bond acceptors (Lipinski definition) is 6. The molecule has 1 saturated heterocycles. The lowest BCUT2D eigenvalue weighted by Gasteiger charge is -2.35. The lowest BCUT2D eigenvalue weighted by molar-refractivity contribution is -0.121. The second kappa shape index (κ2) is 8.17. The number of ether oxygens (including phenoxy) is 1. The molecule has 2 fully saturated rings. The molecule has 2 atom stereocenters. The molecular weight excluding hydrogens is 372 g/mol. The predicted molar refractivity (Wildman–Crippen MR) is 111 cm³/mol. The maximum absolute atomic E-state index is 12.2. The Hall–Kier alpha value is -1.99. The van der Waals surface area contributed by atoms with Gasteiger partial charge in [0.05, 0.1) is 29.3 Å². The van der Waals surface area contributed by atoms with Crippen molar-refractivity contribution in [3.63, 3.8) is 0 Å². The van der Waals surface area contributed by atoms with Crippen LogP contribution in [0.3, 0.4) is 0 Å². The van der Waals surface area contributed by atoms with E-state index in [1.165, 1.54) is 12.8 Å². The van der Waals surface area contributed by atoms with E-state index in [4.69, 9.17) is 9.72 Å². The van der Waals surface area contributed by atoms with E-state index in [2.05, 4.69) is 35.1 Å². The van der Waals surface area contributed by atoms with Gasteiger partial charge in [0, 0.05) is 37.0 Å². The molecule has 2 aromatic heterocycles. The van der Waals surface area contributed by atoms with Gasteiger partial charge < -0.3 is 15.0 Å². The molecule has 6 nitrogen and oxygen atoms in total. The Labute approximate surface area is 170 Å². The zero-order chi connectivity index (χ0) is 19.7. The van der Waals surface area contributed by atoms with E-state index in [-0.39, 0.29) is 18.1 Å². The van der Waals surface area contributed by atoms with E-state index in [1.807, 2.05) is 19.2 Å². The van der Waals surface area contributed by atoms with Crippen LogP contribution in [0, 0.1) is 12.8 Å². The van der Waals surface area contributed by atoms with Gasteiger partial charge in [-0.25, -0.2) is 4.98 Å². The van der Waals surface area contributed by atoms with Crippen LogP contribution in [0.4, 0.5) is 5.13 Å². The summed E-state index contributed by atoms with van der Waals surface area (Å²) in [5, 5.41) is 4.06. The van der Waals surface area contributed by atoms with Crippen molar-refractivity contribution in [1.82, 2.24) is 15.3 Å². The van der Waals surface area contributed by atoms with Crippen LogP contribution in [-0.2, 0) is 16.1 Å². The first-order valence-corrected chi connectivity index (χ1v) is 10.9.